The summed E-state index contributed by atoms with van der Waals surface area (Å²) in [5, 5.41) is 0. The van der Waals surface area contributed by atoms with E-state index < -0.39 is 17.8 Å². The van der Waals surface area contributed by atoms with Crippen LogP contribution in [0.4, 0.5) is 0 Å². The van der Waals surface area contributed by atoms with E-state index in [0.29, 0.717) is 0 Å². The van der Waals surface area contributed by atoms with Crippen LogP contribution in [0.15, 0.2) is 11.6 Å². The highest BCUT2D eigenvalue weighted by molar-refractivity contribution is 5.97. The van der Waals surface area contributed by atoms with E-state index in [1.54, 1.807) is 6.08 Å². The van der Waals surface area contributed by atoms with Crippen LogP contribution < -0.4 is 0 Å². The number of hydrogen-bond acceptors (Lipinski definition) is 4. The fourth-order valence-electron chi connectivity index (χ4n) is 0.970. The Hall–Kier alpha value is -1.65. The number of carbonyl (C=O) groups is 3. The third-order valence-electron chi connectivity index (χ3n) is 1.88. The fraction of sp³-hybridized carbons (Fsp3) is 0.545. The molecule has 0 heterocycles. The number of ether oxygens (including phenoxy) is 1. The van der Waals surface area contributed by atoms with Crippen LogP contribution in [0, 0.1) is 0 Å². The van der Waals surface area contributed by atoms with Crippen molar-refractivity contribution < 1.29 is 19.1 Å². The second-order valence-electron chi connectivity index (χ2n) is 3.56. The Labute approximate surface area is 95.1 Å². The first kappa shape index (κ1) is 14.3. The van der Waals surface area contributed by atoms with Crippen molar-refractivity contribution in [3.8, 4) is 0 Å². The molecule has 2 amide bonds. The quantitative estimate of drug-likeness (QED) is 0.528. The number of allylic oxidation sites excluding steroid dienone is 1. The minimum Gasteiger partial charge on any atom is -0.468 e. The minimum absolute atomic E-state index is 0.110. The van der Waals surface area contributed by atoms with Crippen LogP contribution in [0.25, 0.3) is 0 Å². The molecule has 0 aromatic rings. The highest BCUT2D eigenvalue weighted by Gasteiger charge is 2.20. The molecule has 5 nitrogen and oxygen atoms in total. The molecule has 5 heteroatoms. The highest BCUT2D eigenvalue weighted by Crippen LogP contribution is 2.00. The Bertz CT molecular complexity index is 316. The lowest BCUT2D eigenvalue weighted by molar-refractivity contribution is -0.152. The molecule has 0 spiro atoms. The molecule has 90 valence electrons. The van der Waals surface area contributed by atoms with Crippen LogP contribution >= 0.6 is 0 Å². The summed E-state index contributed by atoms with van der Waals surface area (Å²) in [5.41, 5.74) is 0.981. The Morgan fingerprint density at radius 2 is 1.75 bits per heavy atom. The first-order valence-electron chi connectivity index (χ1n) is 4.89. The third kappa shape index (κ3) is 5.29. The Morgan fingerprint density at radius 1 is 1.19 bits per heavy atom. The van der Waals surface area contributed by atoms with Gasteiger partial charge < -0.3 is 4.74 Å². The lowest BCUT2D eigenvalue weighted by atomic mass is 10.2. The van der Waals surface area contributed by atoms with E-state index in [1.807, 2.05) is 13.8 Å². The monoisotopic (exact) mass is 227 g/mol. The zero-order valence-corrected chi connectivity index (χ0v) is 10.1. The summed E-state index contributed by atoms with van der Waals surface area (Å²) < 4.78 is 4.41. The summed E-state index contributed by atoms with van der Waals surface area (Å²) in [6.45, 7) is 4.61. The van der Waals surface area contributed by atoms with Gasteiger partial charge in [0.25, 0.3) is 0 Å². The van der Waals surface area contributed by atoms with Gasteiger partial charge in [-0.05, 0) is 13.8 Å². The molecule has 0 N–H and O–H groups in total. The molecule has 0 bridgehead atoms. The number of imide groups is 1. The lowest BCUT2D eigenvalue weighted by Gasteiger charge is -2.16. The van der Waals surface area contributed by atoms with E-state index in [-0.39, 0.29) is 13.0 Å². The summed E-state index contributed by atoms with van der Waals surface area (Å²) >= 11 is 0. The molecule has 0 rings (SSSR count). The van der Waals surface area contributed by atoms with E-state index in [2.05, 4.69) is 4.74 Å². The van der Waals surface area contributed by atoms with Gasteiger partial charge in [-0.2, -0.15) is 0 Å². The molecule has 0 aromatic heterocycles. The van der Waals surface area contributed by atoms with Crippen LogP contribution in [0.3, 0.4) is 0 Å². The van der Waals surface area contributed by atoms with Crippen molar-refractivity contribution >= 4 is 17.8 Å². The van der Waals surface area contributed by atoms with Gasteiger partial charge in [0.05, 0.1) is 7.11 Å². The summed E-state index contributed by atoms with van der Waals surface area (Å²) in [4.78, 5) is 34.6. The maximum atomic E-state index is 11.6. The molecule has 0 saturated heterocycles. The van der Waals surface area contributed by atoms with E-state index in [0.717, 1.165) is 10.5 Å². The van der Waals surface area contributed by atoms with Crippen molar-refractivity contribution in [2.75, 3.05) is 13.7 Å². The Balaban J connectivity index is 4.54. The molecule has 0 aliphatic heterocycles. The number of esters is 1. The predicted molar refractivity (Wildman–Crippen MR) is 58.5 cm³/mol. The predicted octanol–water partition coefficient (Wildman–Crippen LogP) is 0.891. The van der Waals surface area contributed by atoms with E-state index in [1.165, 1.54) is 14.0 Å². The Kier molecular flexibility index (Phi) is 6.07. The van der Waals surface area contributed by atoms with E-state index in [9.17, 15) is 14.4 Å². The smallest absolute Gasteiger partial charge is 0.325 e. The average molecular weight is 227 g/mol. The largest absolute Gasteiger partial charge is 0.468 e. The van der Waals surface area contributed by atoms with Crippen LogP contribution in [-0.4, -0.2) is 36.3 Å². The van der Waals surface area contributed by atoms with Gasteiger partial charge in [-0.15, -0.1) is 0 Å². The maximum absolute atomic E-state index is 11.6. The second-order valence-corrected chi connectivity index (χ2v) is 3.56. The van der Waals surface area contributed by atoms with Gasteiger partial charge in [0.1, 0.15) is 6.54 Å². The number of rotatable bonds is 4. The average Bonchev–Trinajstić information content (AvgIpc) is 2.21. The molecule has 0 aliphatic carbocycles. The summed E-state index contributed by atoms with van der Waals surface area (Å²) in [6.07, 6.45) is 1.81. The third-order valence-corrected chi connectivity index (χ3v) is 1.88. The molecule has 0 aliphatic rings. The van der Waals surface area contributed by atoms with Gasteiger partial charge in [0.15, 0.2) is 0 Å². The van der Waals surface area contributed by atoms with Crippen molar-refractivity contribution in [2.24, 2.45) is 0 Å². The number of carbonyl (C=O) groups excluding carboxylic acids is 3. The number of methoxy groups -OCH3 is 1. The van der Waals surface area contributed by atoms with Gasteiger partial charge in [-0.25, -0.2) is 0 Å². The van der Waals surface area contributed by atoms with Gasteiger partial charge in [0.2, 0.25) is 11.8 Å². The normalized spacial score (nSPS) is 9.25. The molecule has 0 radical (unpaired) electrons. The lowest BCUT2D eigenvalue weighted by Crippen LogP contribution is -2.39. The molecule has 0 unspecified atom stereocenters. The molecular formula is C11H17NO4. The van der Waals surface area contributed by atoms with Gasteiger partial charge in [-0.1, -0.05) is 11.6 Å². The molecule has 0 atom stereocenters. The molecule has 16 heavy (non-hydrogen) atoms. The molecule has 0 fully saturated rings. The van der Waals surface area contributed by atoms with Gasteiger partial charge >= 0.3 is 5.97 Å². The minimum atomic E-state index is -0.610. The molecule has 0 aromatic carbocycles. The van der Waals surface area contributed by atoms with Crippen LogP contribution in [0.1, 0.15) is 27.2 Å². The molecular weight excluding hydrogens is 210 g/mol. The first-order chi connectivity index (χ1) is 7.38. The summed E-state index contributed by atoms with van der Waals surface area (Å²) in [7, 11) is 1.21. The van der Waals surface area contributed by atoms with Crippen LogP contribution in [-0.2, 0) is 19.1 Å². The van der Waals surface area contributed by atoms with Crippen molar-refractivity contribution in [2.45, 2.75) is 27.2 Å². The highest BCUT2D eigenvalue weighted by atomic mass is 16.5. The van der Waals surface area contributed by atoms with Crippen molar-refractivity contribution in [3.05, 3.63) is 11.6 Å². The van der Waals surface area contributed by atoms with Crippen LogP contribution in [0.5, 0.6) is 0 Å². The summed E-state index contributed by atoms with van der Waals surface area (Å²) in [5.74, 6) is -1.47. The maximum Gasteiger partial charge on any atom is 0.325 e. The SMILES string of the molecule is COC(=O)CN(C(C)=O)C(=O)CC=C(C)C. The topological polar surface area (TPSA) is 63.7 Å². The second kappa shape index (κ2) is 6.76. The van der Waals surface area contributed by atoms with Crippen molar-refractivity contribution in [3.63, 3.8) is 0 Å². The first-order valence-corrected chi connectivity index (χ1v) is 4.89. The van der Waals surface area contributed by atoms with Gasteiger partial charge in [0, 0.05) is 13.3 Å². The standard InChI is InChI=1S/C11H17NO4/c1-8(2)5-6-10(14)12(9(3)13)7-11(15)16-4/h5H,6-7H2,1-4H3. The number of hydrogen-bond donors (Lipinski definition) is 0. The zero-order chi connectivity index (χ0) is 12.7. The fourth-order valence-corrected chi connectivity index (χ4v) is 0.970. The summed E-state index contributed by atoms with van der Waals surface area (Å²) in [6, 6.07) is 0. The van der Waals surface area contributed by atoms with E-state index >= 15 is 0 Å². The zero-order valence-electron chi connectivity index (χ0n) is 10.1. The van der Waals surface area contributed by atoms with Gasteiger partial charge in [-0.3, -0.25) is 19.3 Å². The van der Waals surface area contributed by atoms with Crippen molar-refractivity contribution in [1.82, 2.24) is 4.90 Å². The number of nitrogens with zero attached hydrogens (tertiary/aromatic N) is 1. The number of amides is 2. The van der Waals surface area contributed by atoms with Crippen molar-refractivity contribution in [1.29, 1.82) is 0 Å². The van der Waals surface area contributed by atoms with E-state index in [4.69, 9.17) is 0 Å². The van der Waals surface area contributed by atoms with Crippen LogP contribution in [0.2, 0.25) is 0 Å². The molecule has 0 saturated carbocycles. The Morgan fingerprint density at radius 3 is 2.12 bits per heavy atom.